The van der Waals surface area contributed by atoms with Crippen LogP contribution in [0.1, 0.15) is 20.3 Å². The van der Waals surface area contributed by atoms with Crippen LogP contribution in [0.2, 0.25) is 0 Å². The number of carbonyl (C=O) groups excluding carboxylic acids is 1. The number of guanidine groups is 1. The van der Waals surface area contributed by atoms with Crippen LogP contribution in [0, 0.1) is 5.41 Å². The maximum atomic E-state index is 11.8. The lowest BCUT2D eigenvalue weighted by Crippen LogP contribution is -2.38. The fourth-order valence-corrected chi connectivity index (χ4v) is 2.11. The van der Waals surface area contributed by atoms with E-state index in [0.29, 0.717) is 17.9 Å². The number of Topliss-reactive ketones (excluding diaryl/α,β-unsaturated/α-hetero) is 1. The summed E-state index contributed by atoms with van der Waals surface area (Å²) in [7, 11) is 0. The summed E-state index contributed by atoms with van der Waals surface area (Å²) in [5, 5.41) is 10.5. The molecule has 126 valence electrons. The smallest absolute Gasteiger partial charge is 0.207 e. The zero-order valence-electron chi connectivity index (χ0n) is 13.5. The highest BCUT2D eigenvalue weighted by atomic mass is 16.1. The third-order valence-corrected chi connectivity index (χ3v) is 3.45. The van der Waals surface area contributed by atoms with Crippen molar-refractivity contribution in [2.75, 3.05) is 10.6 Å². The summed E-state index contributed by atoms with van der Waals surface area (Å²) in [5.41, 5.74) is 13.0. The Balaban J connectivity index is 2.24. The van der Waals surface area contributed by atoms with Crippen molar-refractivity contribution in [3.05, 3.63) is 35.9 Å². The number of anilines is 2. The van der Waals surface area contributed by atoms with E-state index < -0.39 is 0 Å². The van der Waals surface area contributed by atoms with Gasteiger partial charge in [0.25, 0.3) is 0 Å². The van der Waals surface area contributed by atoms with Gasteiger partial charge in [0.05, 0.1) is 12.0 Å². The van der Waals surface area contributed by atoms with Gasteiger partial charge in [-0.25, -0.2) is 15.0 Å². The molecule has 0 aliphatic carbocycles. The number of ketones is 1. The van der Waals surface area contributed by atoms with E-state index in [9.17, 15) is 4.79 Å². The molecule has 1 aliphatic heterocycles. The normalized spacial score (nSPS) is 17.4. The van der Waals surface area contributed by atoms with Crippen LogP contribution in [0.5, 0.6) is 0 Å². The van der Waals surface area contributed by atoms with E-state index in [4.69, 9.17) is 16.9 Å². The van der Waals surface area contributed by atoms with Crippen LogP contribution < -0.4 is 21.7 Å². The van der Waals surface area contributed by atoms with Gasteiger partial charge in [0.2, 0.25) is 5.96 Å². The molecule has 1 aromatic rings. The highest BCUT2D eigenvalue weighted by Crippen LogP contribution is 2.18. The highest BCUT2D eigenvalue weighted by molar-refractivity contribution is 6.08. The van der Waals surface area contributed by atoms with Gasteiger partial charge in [0, 0.05) is 18.7 Å². The Labute approximate surface area is 139 Å². The fraction of sp³-hybridized carbons (Fsp3) is 0.267. The largest absolute Gasteiger partial charge is 0.384 e. The average Bonchev–Trinajstić information content (AvgIpc) is 2.56. The zero-order chi connectivity index (χ0) is 17.7. The maximum absolute atomic E-state index is 11.8. The average molecular weight is 328 g/mol. The molecule has 2 heterocycles. The van der Waals surface area contributed by atoms with Crippen molar-refractivity contribution in [3.8, 4) is 0 Å². The second-order valence-electron chi connectivity index (χ2n) is 5.11. The molecule has 0 radical (unpaired) electrons. The maximum Gasteiger partial charge on any atom is 0.207 e. The Morgan fingerprint density at radius 3 is 2.88 bits per heavy atom. The molecule has 0 amide bonds. The lowest BCUT2D eigenvalue weighted by molar-refractivity contribution is -0.119. The number of nitrogens with one attached hydrogen (secondary N) is 2. The number of nitrogens with zero attached hydrogens (tertiary/aromatic N) is 4. The van der Waals surface area contributed by atoms with Crippen molar-refractivity contribution in [1.82, 2.24) is 15.3 Å². The molecule has 2 rings (SSSR count). The first-order valence-corrected chi connectivity index (χ1v) is 7.35. The van der Waals surface area contributed by atoms with Gasteiger partial charge >= 0.3 is 0 Å². The lowest BCUT2D eigenvalue weighted by atomic mass is 10.0. The van der Waals surface area contributed by atoms with Crippen molar-refractivity contribution in [2.45, 2.75) is 26.3 Å². The van der Waals surface area contributed by atoms with Crippen molar-refractivity contribution < 1.29 is 4.79 Å². The van der Waals surface area contributed by atoms with Crippen molar-refractivity contribution in [2.24, 2.45) is 10.7 Å². The molecule has 0 saturated heterocycles. The second-order valence-corrected chi connectivity index (χ2v) is 5.11. The molecule has 1 aromatic heterocycles. The van der Waals surface area contributed by atoms with Crippen LogP contribution in [0.25, 0.3) is 0 Å². The van der Waals surface area contributed by atoms with Crippen LogP contribution in [-0.4, -0.2) is 34.1 Å². The predicted molar refractivity (Wildman–Crippen MR) is 93.4 cm³/mol. The minimum absolute atomic E-state index is 0.0455. The van der Waals surface area contributed by atoms with Gasteiger partial charge in [-0.2, -0.15) is 0 Å². The number of aromatic nitrogens is 2. The summed E-state index contributed by atoms with van der Waals surface area (Å²) in [6.07, 6.45) is 6.15. The van der Waals surface area contributed by atoms with Gasteiger partial charge in [0.1, 0.15) is 24.0 Å². The third kappa shape index (κ3) is 3.75. The molecule has 0 bridgehead atoms. The molecular weight excluding hydrogens is 308 g/mol. The number of carbonyl (C=O) groups is 1. The minimum atomic E-state index is -0.351. The molecule has 1 aliphatic rings. The Hall–Kier alpha value is -3.23. The summed E-state index contributed by atoms with van der Waals surface area (Å²) in [6.45, 7) is 3.66. The van der Waals surface area contributed by atoms with Gasteiger partial charge in [-0.15, -0.1) is 0 Å². The van der Waals surface area contributed by atoms with E-state index in [1.165, 1.54) is 17.3 Å². The van der Waals surface area contributed by atoms with E-state index in [1.807, 2.05) is 13.8 Å². The number of hydrogen-bond acceptors (Lipinski definition) is 7. The number of rotatable bonds is 5. The topological polar surface area (TPSA) is 146 Å². The van der Waals surface area contributed by atoms with Crippen molar-refractivity contribution >= 4 is 29.7 Å². The van der Waals surface area contributed by atoms with Gasteiger partial charge in [-0.3, -0.25) is 15.1 Å². The van der Waals surface area contributed by atoms with E-state index >= 15 is 0 Å². The second kappa shape index (κ2) is 7.36. The molecule has 6 N–H and O–H groups in total. The molecular formula is C15H20N8O. The minimum Gasteiger partial charge on any atom is -0.384 e. The van der Waals surface area contributed by atoms with Gasteiger partial charge < -0.3 is 16.8 Å². The predicted octanol–water partition coefficient (Wildman–Crippen LogP) is 0.526. The fourth-order valence-electron chi connectivity index (χ4n) is 2.11. The molecule has 0 saturated carbocycles. The van der Waals surface area contributed by atoms with Crippen LogP contribution >= 0.6 is 0 Å². The van der Waals surface area contributed by atoms with Crippen LogP contribution in [-0.2, 0) is 4.79 Å². The standard InChI is InChI=1S/C15H20N8O/c1-3-12(24)10-4-9(2)11(6-19-10)22-15(18)23(7-16)14-5-13(17)20-8-21-14/h4-8,10,16,19H,3H2,1-2H3,(H2,18,22)(H2,17,20,21). The first-order valence-electron chi connectivity index (χ1n) is 7.35. The Kier molecular flexibility index (Phi) is 5.25. The van der Waals surface area contributed by atoms with E-state index in [0.717, 1.165) is 11.9 Å². The monoisotopic (exact) mass is 328 g/mol. The van der Waals surface area contributed by atoms with Crippen molar-refractivity contribution in [1.29, 1.82) is 5.41 Å². The lowest BCUT2D eigenvalue weighted by Gasteiger charge is -2.21. The molecule has 24 heavy (non-hydrogen) atoms. The van der Waals surface area contributed by atoms with E-state index in [1.54, 1.807) is 12.3 Å². The van der Waals surface area contributed by atoms with Crippen LogP contribution in [0.15, 0.2) is 40.9 Å². The number of nitrogens with two attached hydrogens (primary N) is 2. The van der Waals surface area contributed by atoms with Gasteiger partial charge in [-0.05, 0) is 18.6 Å². The summed E-state index contributed by atoms with van der Waals surface area (Å²) in [4.78, 5) is 25.1. The van der Waals surface area contributed by atoms with Gasteiger partial charge in [0.15, 0.2) is 5.78 Å². The summed E-state index contributed by atoms with van der Waals surface area (Å²) >= 11 is 0. The number of aliphatic imine (C=N–C) groups is 1. The van der Waals surface area contributed by atoms with Gasteiger partial charge in [-0.1, -0.05) is 6.92 Å². The molecule has 1 atom stereocenters. The third-order valence-electron chi connectivity index (χ3n) is 3.45. The summed E-state index contributed by atoms with van der Waals surface area (Å²) in [5.74, 6) is 0.738. The molecule has 0 aromatic carbocycles. The Morgan fingerprint density at radius 2 is 2.29 bits per heavy atom. The van der Waals surface area contributed by atoms with E-state index in [2.05, 4.69) is 20.3 Å². The van der Waals surface area contributed by atoms with Crippen LogP contribution in [0.4, 0.5) is 11.6 Å². The zero-order valence-corrected chi connectivity index (χ0v) is 13.5. The first-order chi connectivity index (χ1) is 11.5. The quantitative estimate of drug-likeness (QED) is 0.455. The number of nitrogen functional groups attached to an aromatic ring is 1. The summed E-state index contributed by atoms with van der Waals surface area (Å²) in [6, 6.07) is 1.13. The Bertz CT molecular complexity index is 737. The highest BCUT2D eigenvalue weighted by Gasteiger charge is 2.18. The first kappa shape index (κ1) is 17.1. The Morgan fingerprint density at radius 1 is 1.54 bits per heavy atom. The number of dihydropyridines is 1. The van der Waals surface area contributed by atoms with Crippen LogP contribution in [0.3, 0.4) is 0 Å². The SMILES string of the molecule is CCC(=O)C1C=C(C)C(N=C(N)N(C=N)c2cc(N)ncn2)=CN1. The number of hydrogen-bond donors (Lipinski definition) is 4. The molecule has 0 fully saturated rings. The molecule has 1 unspecified atom stereocenters. The molecule has 9 heteroatoms. The number of allylic oxidation sites excluding steroid dienone is 1. The summed E-state index contributed by atoms with van der Waals surface area (Å²) < 4.78 is 0. The van der Waals surface area contributed by atoms with Crippen molar-refractivity contribution in [3.63, 3.8) is 0 Å². The van der Waals surface area contributed by atoms with E-state index in [-0.39, 0.29) is 23.6 Å². The molecule has 9 nitrogen and oxygen atoms in total. The molecule has 0 spiro atoms.